The van der Waals surface area contributed by atoms with E-state index in [-0.39, 0.29) is 17.9 Å². The monoisotopic (exact) mass is 328 g/mol. The first-order valence-electron chi connectivity index (χ1n) is 7.88. The van der Waals surface area contributed by atoms with Crippen molar-refractivity contribution in [2.45, 2.75) is 50.9 Å². The molecule has 23 heavy (non-hydrogen) atoms. The van der Waals surface area contributed by atoms with E-state index in [1.54, 1.807) is 20.0 Å². The van der Waals surface area contributed by atoms with Gasteiger partial charge in [-0.05, 0) is 43.4 Å². The van der Waals surface area contributed by atoms with Crippen molar-refractivity contribution in [1.29, 1.82) is 0 Å². The zero-order valence-electron chi connectivity index (χ0n) is 13.4. The molecule has 1 aromatic carbocycles. The van der Waals surface area contributed by atoms with Gasteiger partial charge in [-0.25, -0.2) is 0 Å². The van der Waals surface area contributed by atoms with Gasteiger partial charge in [0, 0.05) is 19.5 Å². The molecule has 1 aliphatic rings. The summed E-state index contributed by atoms with van der Waals surface area (Å²) in [6.45, 7) is 1.74. The predicted octanol–water partition coefficient (Wildman–Crippen LogP) is 3.74. The fourth-order valence-electron chi connectivity index (χ4n) is 3.10. The van der Waals surface area contributed by atoms with Crippen LogP contribution in [-0.2, 0) is 11.0 Å². The van der Waals surface area contributed by atoms with Crippen LogP contribution in [0.15, 0.2) is 24.3 Å². The maximum absolute atomic E-state index is 12.8. The molecule has 1 fully saturated rings. The van der Waals surface area contributed by atoms with Gasteiger partial charge in [0.25, 0.3) is 0 Å². The van der Waals surface area contributed by atoms with Crippen LogP contribution in [0.4, 0.5) is 13.2 Å². The number of benzene rings is 1. The van der Waals surface area contributed by atoms with Crippen molar-refractivity contribution in [2.24, 2.45) is 11.7 Å². The fraction of sp³-hybridized carbons (Fsp3) is 0.588. The molecule has 2 N–H and O–H groups in total. The molecule has 0 saturated heterocycles. The molecule has 1 aromatic rings. The summed E-state index contributed by atoms with van der Waals surface area (Å²) >= 11 is 0. The molecule has 2 rings (SSSR count). The Hall–Kier alpha value is -1.56. The highest BCUT2D eigenvalue weighted by atomic mass is 19.4. The Morgan fingerprint density at radius 3 is 2.65 bits per heavy atom. The average Bonchev–Trinajstić information content (AvgIpc) is 2.90. The SMILES string of the molecule is CC(c1cccc(C(F)(F)F)c1)N(C)C(=O)C[C@@H]1CCC[C@H]1N. The van der Waals surface area contributed by atoms with Crippen LogP contribution in [0.25, 0.3) is 0 Å². The van der Waals surface area contributed by atoms with Gasteiger partial charge in [-0.2, -0.15) is 13.2 Å². The minimum atomic E-state index is -4.38. The molecule has 0 spiro atoms. The maximum atomic E-state index is 12.8. The molecule has 0 aliphatic heterocycles. The molecule has 3 nitrogen and oxygen atoms in total. The molecule has 3 atom stereocenters. The fourth-order valence-corrected chi connectivity index (χ4v) is 3.10. The summed E-state index contributed by atoms with van der Waals surface area (Å²) in [6, 6.07) is 4.77. The van der Waals surface area contributed by atoms with E-state index in [1.165, 1.54) is 11.0 Å². The van der Waals surface area contributed by atoms with Gasteiger partial charge >= 0.3 is 6.18 Å². The summed E-state index contributed by atoms with van der Waals surface area (Å²) in [5.41, 5.74) is 5.77. The zero-order valence-corrected chi connectivity index (χ0v) is 13.4. The molecule has 1 amide bonds. The first-order chi connectivity index (χ1) is 10.7. The second kappa shape index (κ2) is 6.91. The Kier molecular flexibility index (Phi) is 5.34. The molecule has 0 bridgehead atoms. The van der Waals surface area contributed by atoms with Crippen LogP contribution < -0.4 is 5.73 Å². The Bertz CT molecular complexity index is 559. The first kappa shape index (κ1) is 17.8. The number of amides is 1. The first-order valence-corrected chi connectivity index (χ1v) is 7.88. The second-order valence-electron chi connectivity index (χ2n) is 6.36. The van der Waals surface area contributed by atoms with Crippen LogP contribution in [0.5, 0.6) is 0 Å². The molecular formula is C17H23F3N2O. The van der Waals surface area contributed by atoms with Gasteiger partial charge < -0.3 is 10.6 Å². The standard InChI is InChI=1S/C17H23F3N2O/c1-11(12-5-3-7-14(9-12)17(18,19)20)22(2)16(23)10-13-6-4-8-15(13)21/h3,5,7,9,11,13,15H,4,6,8,10,21H2,1-2H3/t11?,13-,15+/m0/s1. The minimum absolute atomic E-state index is 0.0520. The van der Waals surface area contributed by atoms with Crippen molar-refractivity contribution in [1.82, 2.24) is 4.90 Å². The molecule has 0 aromatic heterocycles. The van der Waals surface area contributed by atoms with Gasteiger partial charge in [-0.3, -0.25) is 4.79 Å². The van der Waals surface area contributed by atoms with E-state index in [2.05, 4.69) is 0 Å². The van der Waals surface area contributed by atoms with Gasteiger partial charge in [0.2, 0.25) is 5.91 Å². The van der Waals surface area contributed by atoms with E-state index in [0.29, 0.717) is 12.0 Å². The number of carbonyl (C=O) groups excluding carboxylic acids is 1. The number of hydrogen-bond acceptors (Lipinski definition) is 2. The predicted molar refractivity (Wildman–Crippen MR) is 82.6 cm³/mol. The summed E-state index contributed by atoms with van der Waals surface area (Å²) in [5, 5.41) is 0. The summed E-state index contributed by atoms with van der Waals surface area (Å²) in [4.78, 5) is 13.9. The van der Waals surface area contributed by atoms with Crippen molar-refractivity contribution < 1.29 is 18.0 Å². The molecule has 128 valence electrons. The summed E-state index contributed by atoms with van der Waals surface area (Å²) in [5.74, 6) is 0.107. The van der Waals surface area contributed by atoms with Crippen LogP contribution in [0, 0.1) is 5.92 Å². The largest absolute Gasteiger partial charge is 0.416 e. The van der Waals surface area contributed by atoms with Crippen molar-refractivity contribution in [3.8, 4) is 0 Å². The smallest absolute Gasteiger partial charge is 0.339 e. The third-order valence-corrected chi connectivity index (χ3v) is 4.83. The molecule has 1 aliphatic carbocycles. The summed E-state index contributed by atoms with van der Waals surface area (Å²) in [7, 11) is 1.63. The van der Waals surface area contributed by atoms with Crippen LogP contribution in [0.1, 0.15) is 49.8 Å². The minimum Gasteiger partial charge on any atom is -0.339 e. The Labute approximate surface area is 134 Å². The number of nitrogens with zero attached hydrogens (tertiary/aromatic N) is 1. The van der Waals surface area contributed by atoms with Crippen molar-refractivity contribution in [3.63, 3.8) is 0 Å². The van der Waals surface area contributed by atoms with E-state index in [9.17, 15) is 18.0 Å². The third-order valence-electron chi connectivity index (χ3n) is 4.83. The lowest BCUT2D eigenvalue weighted by Gasteiger charge is -2.27. The number of halogens is 3. The highest BCUT2D eigenvalue weighted by Gasteiger charge is 2.32. The normalized spacial score (nSPS) is 22.9. The molecule has 0 heterocycles. The third kappa shape index (κ3) is 4.25. The lowest BCUT2D eigenvalue weighted by Crippen LogP contribution is -2.34. The molecule has 1 unspecified atom stereocenters. The molecule has 1 saturated carbocycles. The van der Waals surface area contributed by atoms with Crippen molar-refractivity contribution in [3.05, 3.63) is 35.4 Å². The Balaban J connectivity index is 2.07. The number of hydrogen-bond donors (Lipinski definition) is 1. The van der Waals surface area contributed by atoms with Gasteiger partial charge in [-0.15, -0.1) is 0 Å². The van der Waals surface area contributed by atoms with Crippen molar-refractivity contribution >= 4 is 5.91 Å². The molecule has 6 heteroatoms. The van der Waals surface area contributed by atoms with Gasteiger partial charge in [-0.1, -0.05) is 18.6 Å². The van der Waals surface area contributed by atoms with Gasteiger partial charge in [0.05, 0.1) is 11.6 Å². The van der Waals surface area contributed by atoms with Crippen LogP contribution in [0.3, 0.4) is 0 Å². The van der Waals surface area contributed by atoms with Crippen molar-refractivity contribution in [2.75, 3.05) is 7.05 Å². The van der Waals surface area contributed by atoms with Crippen LogP contribution in [0.2, 0.25) is 0 Å². The van der Waals surface area contributed by atoms with Crippen LogP contribution in [-0.4, -0.2) is 23.9 Å². The number of nitrogens with two attached hydrogens (primary N) is 1. The van der Waals surface area contributed by atoms with Gasteiger partial charge in [0.15, 0.2) is 0 Å². The molecule has 0 radical (unpaired) electrons. The quantitative estimate of drug-likeness (QED) is 0.915. The van der Waals surface area contributed by atoms with E-state index >= 15 is 0 Å². The van der Waals surface area contributed by atoms with E-state index in [1.807, 2.05) is 0 Å². The Morgan fingerprint density at radius 2 is 2.09 bits per heavy atom. The second-order valence-corrected chi connectivity index (χ2v) is 6.36. The zero-order chi connectivity index (χ0) is 17.2. The van der Waals surface area contributed by atoms with E-state index in [0.717, 1.165) is 31.4 Å². The maximum Gasteiger partial charge on any atom is 0.416 e. The lowest BCUT2D eigenvalue weighted by atomic mass is 9.98. The summed E-state index contributed by atoms with van der Waals surface area (Å²) < 4.78 is 38.4. The highest BCUT2D eigenvalue weighted by molar-refractivity contribution is 5.76. The van der Waals surface area contributed by atoms with Crippen LogP contribution >= 0.6 is 0 Å². The average molecular weight is 328 g/mol. The number of carbonyl (C=O) groups is 1. The highest BCUT2D eigenvalue weighted by Crippen LogP contribution is 2.32. The van der Waals surface area contributed by atoms with Gasteiger partial charge in [0.1, 0.15) is 0 Å². The topological polar surface area (TPSA) is 46.3 Å². The summed E-state index contributed by atoms with van der Waals surface area (Å²) in [6.07, 6.45) is -1.11. The lowest BCUT2D eigenvalue weighted by molar-refractivity contribution is -0.137. The number of alkyl halides is 3. The number of rotatable bonds is 4. The van der Waals surface area contributed by atoms with E-state index < -0.39 is 17.8 Å². The van der Waals surface area contributed by atoms with E-state index in [4.69, 9.17) is 5.73 Å². The molecular weight excluding hydrogens is 305 g/mol. The Morgan fingerprint density at radius 1 is 1.39 bits per heavy atom.